The average molecular weight is 236 g/mol. The molecule has 2 heteroatoms. The minimum absolute atomic E-state index is 0.351. The highest BCUT2D eigenvalue weighted by Gasteiger charge is 2.15. The van der Waals surface area contributed by atoms with Gasteiger partial charge in [-0.05, 0) is 29.9 Å². The quantitative estimate of drug-likeness (QED) is 0.844. The summed E-state index contributed by atoms with van der Waals surface area (Å²) < 4.78 is 5.80. The van der Waals surface area contributed by atoms with Gasteiger partial charge in [-0.25, -0.2) is 0 Å². The van der Waals surface area contributed by atoms with E-state index >= 15 is 0 Å². The standard InChI is InChI=1S/C15H24O2/c1-10(2)13-7-6-8-14(11(3)4)15(13)17-9-12(5)16/h6-8,10-12,16H,9H2,1-5H3. The van der Waals surface area contributed by atoms with Crippen molar-refractivity contribution >= 4 is 0 Å². The Hall–Kier alpha value is -1.02. The van der Waals surface area contributed by atoms with Crippen molar-refractivity contribution in [2.45, 2.75) is 52.6 Å². The Kier molecular flexibility index (Phi) is 5.01. The molecule has 0 aromatic heterocycles. The van der Waals surface area contributed by atoms with Crippen molar-refractivity contribution in [3.8, 4) is 5.75 Å². The summed E-state index contributed by atoms with van der Waals surface area (Å²) in [6.07, 6.45) is -0.435. The average Bonchev–Trinajstić information content (AvgIpc) is 2.25. The normalized spacial score (nSPS) is 13.2. The van der Waals surface area contributed by atoms with E-state index < -0.39 is 6.10 Å². The monoisotopic (exact) mass is 236 g/mol. The van der Waals surface area contributed by atoms with Crippen LogP contribution in [0.2, 0.25) is 0 Å². The van der Waals surface area contributed by atoms with E-state index in [-0.39, 0.29) is 0 Å². The molecular weight excluding hydrogens is 212 g/mol. The van der Waals surface area contributed by atoms with Gasteiger partial charge in [0, 0.05) is 0 Å². The summed E-state index contributed by atoms with van der Waals surface area (Å²) in [6, 6.07) is 6.29. The largest absolute Gasteiger partial charge is 0.490 e. The van der Waals surface area contributed by atoms with Crippen molar-refractivity contribution in [3.05, 3.63) is 29.3 Å². The van der Waals surface area contributed by atoms with Crippen molar-refractivity contribution in [2.24, 2.45) is 0 Å². The first-order valence-electron chi connectivity index (χ1n) is 6.37. The number of aliphatic hydroxyl groups is 1. The van der Waals surface area contributed by atoms with Crippen LogP contribution in [0.4, 0.5) is 0 Å². The number of hydrogen-bond acceptors (Lipinski definition) is 2. The van der Waals surface area contributed by atoms with Gasteiger partial charge in [-0.3, -0.25) is 0 Å². The maximum Gasteiger partial charge on any atom is 0.126 e. The molecule has 0 aliphatic carbocycles. The Balaban J connectivity index is 3.09. The molecule has 0 saturated carbocycles. The maximum atomic E-state index is 9.35. The van der Waals surface area contributed by atoms with Gasteiger partial charge in [0.1, 0.15) is 12.4 Å². The second kappa shape index (κ2) is 6.06. The van der Waals surface area contributed by atoms with Crippen molar-refractivity contribution in [3.63, 3.8) is 0 Å². The number of aliphatic hydroxyl groups excluding tert-OH is 1. The molecule has 0 heterocycles. The van der Waals surface area contributed by atoms with Gasteiger partial charge in [-0.15, -0.1) is 0 Å². The second-order valence-corrected chi connectivity index (χ2v) is 5.24. The van der Waals surface area contributed by atoms with Crippen LogP contribution >= 0.6 is 0 Å². The molecule has 0 aliphatic rings. The van der Waals surface area contributed by atoms with E-state index in [0.29, 0.717) is 18.4 Å². The van der Waals surface area contributed by atoms with E-state index in [1.807, 2.05) is 0 Å². The Morgan fingerprint density at radius 1 is 1.00 bits per heavy atom. The summed E-state index contributed by atoms with van der Waals surface area (Å²) in [5.41, 5.74) is 2.44. The first-order chi connectivity index (χ1) is 7.93. The fraction of sp³-hybridized carbons (Fsp3) is 0.600. The second-order valence-electron chi connectivity index (χ2n) is 5.24. The summed E-state index contributed by atoms with van der Waals surface area (Å²) in [7, 11) is 0. The summed E-state index contributed by atoms with van der Waals surface area (Å²) in [4.78, 5) is 0. The van der Waals surface area contributed by atoms with Crippen LogP contribution in [0.5, 0.6) is 5.75 Å². The number of hydrogen-bond donors (Lipinski definition) is 1. The van der Waals surface area contributed by atoms with Crippen LogP contribution in [0, 0.1) is 0 Å². The molecular formula is C15H24O2. The van der Waals surface area contributed by atoms with E-state index in [4.69, 9.17) is 4.74 Å². The molecule has 2 nitrogen and oxygen atoms in total. The van der Waals surface area contributed by atoms with Gasteiger partial charge in [0.25, 0.3) is 0 Å². The van der Waals surface area contributed by atoms with Gasteiger partial charge in [0.2, 0.25) is 0 Å². The topological polar surface area (TPSA) is 29.5 Å². The molecule has 96 valence electrons. The van der Waals surface area contributed by atoms with Gasteiger partial charge < -0.3 is 9.84 Å². The number of benzene rings is 1. The molecule has 0 bridgehead atoms. The highest BCUT2D eigenvalue weighted by atomic mass is 16.5. The Morgan fingerprint density at radius 2 is 1.47 bits per heavy atom. The van der Waals surface area contributed by atoms with Crippen LogP contribution in [-0.4, -0.2) is 17.8 Å². The van der Waals surface area contributed by atoms with E-state index in [1.54, 1.807) is 6.92 Å². The summed E-state index contributed by atoms with van der Waals surface area (Å²) in [5, 5.41) is 9.35. The fourth-order valence-corrected chi connectivity index (χ4v) is 1.85. The molecule has 1 atom stereocenters. The zero-order chi connectivity index (χ0) is 13.0. The number of rotatable bonds is 5. The van der Waals surface area contributed by atoms with Crippen LogP contribution in [0.3, 0.4) is 0 Å². The lowest BCUT2D eigenvalue weighted by atomic mass is 9.94. The smallest absolute Gasteiger partial charge is 0.126 e. The van der Waals surface area contributed by atoms with Crippen molar-refractivity contribution in [2.75, 3.05) is 6.61 Å². The molecule has 0 saturated heterocycles. The lowest BCUT2D eigenvalue weighted by Gasteiger charge is -2.20. The zero-order valence-corrected chi connectivity index (χ0v) is 11.5. The summed E-state index contributed by atoms with van der Waals surface area (Å²) >= 11 is 0. The molecule has 0 aliphatic heterocycles. The van der Waals surface area contributed by atoms with Gasteiger partial charge in [-0.1, -0.05) is 45.9 Å². The van der Waals surface area contributed by atoms with Crippen molar-refractivity contribution in [1.29, 1.82) is 0 Å². The number of ether oxygens (including phenoxy) is 1. The predicted octanol–water partition coefficient (Wildman–Crippen LogP) is 3.69. The molecule has 0 radical (unpaired) electrons. The molecule has 1 aromatic carbocycles. The fourth-order valence-electron chi connectivity index (χ4n) is 1.85. The SMILES string of the molecule is CC(O)COc1c(C(C)C)cccc1C(C)C. The van der Waals surface area contributed by atoms with Crippen LogP contribution < -0.4 is 4.74 Å². The van der Waals surface area contributed by atoms with Gasteiger partial charge in [0.15, 0.2) is 0 Å². The van der Waals surface area contributed by atoms with Crippen LogP contribution in [0.25, 0.3) is 0 Å². The highest BCUT2D eigenvalue weighted by molar-refractivity contribution is 5.44. The molecule has 0 fully saturated rings. The summed E-state index contributed by atoms with van der Waals surface area (Å²) in [6.45, 7) is 10.7. The third-order valence-corrected chi connectivity index (χ3v) is 2.79. The lowest BCUT2D eigenvalue weighted by Crippen LogP contribution is -2.15. The zero-order valence-electron chi connectivity index (χ0n) is 11.5. The molecule has 1 unspecified atom stereocenters. The van der Waals surface area contributed by atoms with Crippen LogP contribution in [0.15, 0.2) is 18.2 Å². The highest BCUT2D eigenvalue weighted by Crippen LogP contribution is 2.34. The van der Waals surface area contributed by atoms with Gasteiger partial charge in [-0.2, -0.15) is 0 Å². The van der Waals surface area contributed by atoms with E-state index in [9.17, 15) is 5.11 Å². The first kappa shape index (κ1) is 14.0. The Bertz CT molecular complexity index is 328. The van der Waals surface area contributed by atoms with Crippen LogP contribution in [-0.2, 0) is 0 Å². The van der Waals surface area contributed by atoms with Crippen molar-refractivity contribution in [1.82, 2.24) is 0 Å². The first-order valence-corrected chi connectivity index (χ1v) is 6.37. The van der Waals surface area contributed by atoms with E-state index in [1.165, 1.54) is 11.1 Å². The minimum Gasteiger partial charge on any atom is -0.490 e. The predicted molar refractivity (Wildman–Crippen MR) is 71.8 cm³/mol. The van der Waals surface area contributed by atoms with Gasteiger partial charge in [0.05, 0.1) is 6.10 Å². The lowest BCUT2D eigenvalue weighted by molar-refractivity contribution is 0.121. The third-order valence-electron chi connectivity index (χ3n) is 2.79. The van der Waals surface area contributed by atoms with Crippen LogP contribution in [0.1, 0.15) is 57.6 Å². The molecule has 0 spiro atoms. The van der Waals surface area contributed by atoms with E-state index in [2.05, 4.69) is 45.9 Å². The third kappa shape index (κ3) is 3.74. The van der Waals surface area contributed by atoms with Gasteiger partial charge >= 0.3 is 0 Å². The molecule has 1 aromatic rings. The molecule has 0 amide bonds. The Labute approximate surface area is 105 Å². The number of para-hydroxylation sites is 1. The molecule has 17 heavy (non-hydrogen) atoms. The maximum absolute atomic E-state index is 9.35. The minimum atomic E-state index is -0.435. The van der Waals surface area contributed by atoms with E-state index in [0.717, 1.165) is 5.75 Å². The molecule has 1 rings (SSSR count). The molecule has 1 N–H and O–H groups in total. The van der Waals surface area contributed by atoms with Crippen molar-refractivity contribution < 1.29 is 9.84 Å². The summed E-state index contributed by atoms with van der Waals surface area (Å²) in [5.74, 6) is 1.81. The Morgan fingerprint density at radius 3 is 1.82 bits per heavy atom.